The average molecular weight is 244 g/mol. The predicted molar refractivity (Wildman–Crippen MR) is 74.1 cm³/mol. The van der Waals surface area contributed by atoms with Crippen LogP contribution in [0.3, 0.4) is 0 Å². The number of nitrogens with one attached hydrogen (secondary N) is 1. The lowest BCUT2D eigenvalue weighted by atomic mass is 10.1. The Balaban J connectivity index is 1.80. The summed E-state index contributed by atoms with van der Waals surface area (Å²) < 4.78 is 0. The van der Waals surface area contributed by atoms with Gasteiger partial charge in [0.25, 0.3) is 0 Å². The zero-order valence-corrected chi connectivity index (χ0v) is 10.8. The fraction of sp³-hybridized carbons (Fsp3) is 0.400. The van der Waals surface area contributed by atoms with Crippen molar-refractivity contribution >= 4 is 12.0 Å². The first-order valence-corrected chi connectivity index (χ1v) is 6.46. The summed E-state index contributed by atoms with van der Waals surface area (Å²) in [5, 5.41) is 3.06. The Hall–Kier alpha value is -1.61. The molecule has 0 bridgehead atoms. The molecule has 0 saturated carbocycles. The first-order valence-electron chi connectivity index (χ1n) is 6.46. The van der Waals surface area contributed by atoms with Gasteiger partial charge in [-0.05, 0) is 44.6 Å². The number of hydrogen-bond acceptors (Lipinski definition) is 2. The van der Waals surface area contributed by atoms with Crippen LogP contribution in [0, 0.1) is 0 Å². The van der Waals surface area contributed by atoms with E-state index in [2.05, 4.69) is 17.3 Å². The molecule has 1 fully saturated rings. The first-order chi connectivity index (χ1) is 8.74. The molecule has 2 rings (SSSR count). The van der Waals surface area contributed by atoms with Crippen LogP contribution in [0.25, 0.3) is 6.08 Å². The van der Waals surface area contributed by atoms with Gasteiger partial charge in [-0.25, -0.2) is 0 Å². The van der Waals surface area contributed by atoms with E-state index in [0.717, 1.165) is 31.5 Å². The van der Waals surface area contributed by atoms with Crippen molar-refractivity contribution in [1.82, 2.24) is 10.2 Å². The van der Waals surface area contributed by atoms with Gasteiger partial charge in [0.1, 0.15) is 0 Å². The Morgan fingerprint density at radius 1 is 1.28 bits per heavy atom. The predicted octanol–water partition coefficient (Wildman–Crippen LogP) is 1.91. The Labute approximate surface area is 108 Å². The molecule has 1 aromatic carbocycles. The Morgan fingerprint density at radius 3 is 2.61 bits per heavy atom. The van der Waals surface area contributed by atoms with Gasteiger partial charge in [0.2, 0.25) is 5.91 Å². The van der Waals surface area contributed by atoms with E-state index in [0.29, 0.717) is 6.04 Å². The first kappa shape index (κ1) is 12.8. The molecule has 0 aliphatic carbocycles. The number of piperidine rings is 1. The van der Waals surface area contributed by atoms with Gasteiger partial charge >= 0.3 is 0 Å². The number of carbonyl (C=O) groups is 1. The molecule has 0 spiro atoms. The molecule has 1 heterocycles. The Bertz CT molecular complexity index is 406. The van der Waals surface area contributed by atoms with E-state index in [-0.39, 0.29) is 5.91 Å². The molecule has 1 aliphatic rings. The minimum Gasteiger partial charge on any atom is -0.350 e. The monoisotopic (exact) mass is 244 g/mol. The Morgan fingerprint density at radius 2 is 1.94 bits per heavy atom. The maximum absolute atomic E-state index is 11.8. The molecule has 18 heavy (non-hydrogen) atoms. The molecule has 1 saturated heterocycles. The molecule has 96 valence electrons. The van der Waals surface area contributed by atoms with E-state index in [4.69, 9.17) is 0 Å². The second kappa shape index (κ2) is 6.36. The average Bonchev–Trinajstić information content (AvgIpc) is 2.40. The van der Waals surface area contributed by atoms with E-state index in [1.165, 1.54) is 0 Å². The molecule has 3 nitrogen and oxygen atoms in total. The second-order valence-electron chi connectivity index (χ2n) is 4.83. The van der Waals surface area contributed by atoms with Crippen LogP contribution in [-0.4, -0.2) is 37.0 Å². The van der Waals surface area contributed by atoms with Gasteiger partial charge in [0, 0.05) is 12.1 Å². The smallest absolute Gasteiger partial charge is 0.244 e. The third-order valence-electron chi connectivity index (χ3n) is 3.29. The third kappa shape index (κ3) is 4.00. The van der Waals surface area contributed by atoms with Crippen LogP contribution < -0.4 is 5.32 Å². The molecule has 1 aliphatic heterocycles. The summed E-state index contributed by atoms with van der Waals surface area (Å²) >= 11 is 0. The van der Waals surface area contributed by atoms with Gasteiger partial charge in [-0.3, -0.25) is 4.79 Å². The summed E-state index contributed by atoms with van der Waals surface area (Å²) in [5.41, 5.74) is 1.05. The van der Waals surface area contributed by atoms with E-state index < -0.39 is 0 Å². The van der Waals surface area contributed by atoms with Crippen LogP contribution in [0.15, 0.2) is 36.4 Å². The highest BCUT2D eigenvalue weighted by Crippen LogP contribution is 2.08. The zero-order chi connectivity index (χ0) is 12.8. The quantitative estimate of drug-likeness (QED) is 0.824. The van der Waals surface area contributed by atoms with Gasteiger partial charge in [0.15, 0.2) is 0 Å². The molecule has 3 heteroatoms. The largest absolute Gasteiger partial charge is 0.350 e. The zero-order valence-electron chi connectivity index (χ0n) is 10.8. The third-order valence-corrected chi connectivity index (χ3v) is 3.29. The molecule has 0 atom stereocenters. The molecule has 1 amide bonds. The second-order valence-corrected chi connectivity index (χ2v) is 4.83. The lowest BCUT2D eigenvalue weighted by Gasteiger charge is -2.29. The fourth-order valence-electron chi connectivity index (χ4n) is 2.14. The number of benzene rings is 1. The number of rotatable bonds is 3. The van der Waals surface area contributed by atoms with Crippen molar-refractivity contribution in [3.63, 3.8) is 0 Å². The van der Waals surface area contributed by atoms with Crippen LogP contribution in [0.5, 0.6) is 0 Å². The number of likely N-dealkylation sites (tertiary alicyclic amines) is 1. The SMILES string of the molecule is CN1CCC(NC(=O)C=Cc2ccccc2)CC1. The van der Waals surface area contributed by atoms with Gasteiger partial charge in [-0.15, -0.1) is 0 Å². The van der Waals surface area contributed by atoms with Gasteiger partial charge in [-0.1, -0.05) is 30.3 Å². The summed E-state index contributed by atoms with van der Waals surface area (Å²) in [7, 11) is 2.12. The highest BCUT2D eigenvalue weighted by Gasteiger charge is 2.17. The minimum absolute atomic E-state index is 0.00778. The van der Waals surface area contributed by atoms with E-state index in [1.807, 2.05) is 36.4 Å². The summed E-state index contributed by atoms with van der Waals surface area (Å²) in [4.78, 5) is 14.0. The fourth-order valence-corrected chi connectivity index (χ4v) is 2.14. The molecule has 1 aromatic rings. The number of hydrogen-bond donors (Lipinski definition) is 1. The molecule has 0 aromatic heterocycles. The summed E-state index contributed by atoms with van der Waals surface area (Å²) in [5.74, 6) is 0.00778. The minimum atomic E-state index is 0.00778. The Kier molecular flexibility index (Phi) is 4.53. The molecule has 1 N–H and O–H groups in total. The highest BCUT2D eigenvalue weighted by molar-refractivity contribution is 5.91. The van der Waals surface area contributed by atoms with E-state index in [9.17, 15) is 4.79 Å². The standard InChI is InChI=1S/C15H20N2O/c1-17-11-9-14(10-12-17)16-15(18)8-7-13-5-3-2-4-6-13/h2-8,14H,9-12H2,1H3,(H,16,18). The van der Waals surface area contributed by atoms with Crippen LogP contribution >= 0.6 is 0 Å². The lowest BCUT2D eigenvalue weighted by Crippen LogP contribution is -2.42. The van der Waals surface area contributed by atoms with Crippen molar-refractivity contribution < 1.29 is 4.79 Å². The summed E-state index contributed by atoms with van der Waals surface area (Å²) in [6.45, 7) is 2.13. The van der Waals surface area contributed by atoms with E-state index in [1.54, 1.807) is 6.08 Å². The molecular formula is C15H20N2O. The van der Waals surface area contributed by atoms with Gasteiger partial charge < -0.3 is 10.2 Å². The summed E-state index contributed by atoms with van der Waals surface area (Å²) in [6.07, 6.45) is 5.56. The van der Waals surface area contributed by atoms with Crippen molar-refractivity contribution in [2.75, 3.05) is 20.1 Å². The van der Waals surface area contributed by atoms with Crippen molar-refractivity contribution in [1.29, 1.82) is 0 Å². The van der Waals surface area contributed by atoms with Crippen molar-refractivity contribution in [2.24, 2.45) is 0 Å². The van der Waals surface area contributed by atoms with Gasteiger partial charge in [0.05, 0.1) is 0 Å². The van der Waals surface area contributed by atoms with Gasteiger partial charge in [-0.2, -0.15) is 0 Å². The van der Waals surface area contributed by atoms with E-state index >= 15 is 0 Å². The molecule has 0 radical (unpaired) electrons. The molecular weight excluding hydrogens is 224 g/mol. The van der Waals surface area contributed by atoms with Crippen LogP contribution in [0.2, 0.25) is 0 Å². The van der Waals surface area contributed by atoms with Crippen molar-refractivity contribution in [3.8, 4) is 0 Å². The van der Waals surface area contributed by atoms with Crippen molar-refractivity contribution in [2.45, 2.75) is 18.9 Å². The lowest BCUT2D eigenvalue weighted by molar-refractivity contribution is -0.117. The molecule has 0 unspecified atom stereocenters. The van der Waals surface area contributed by atoms with Crippen LogP contribution in [0.1, 0.15) is 18.4 Å². The maximum atomic E-state index is 11.8. The number of carbonyl (C=O) groups excluding carboxylic acids is 1. The van der Waals surface area contributed by atoms with Crippen LogP contribution in [0.4, 0.5) is 0 Å². The number of amides is 1. The highest BCUT2D eigenvalue weighted by atomic mass is 16.1. The maximum Gasteiger partial charge on any atom is 0.244 e. The van der Waals surface area contributed by atoms with Crippen LogP contribution in [-0.2, 0) is 4.79 Å². The normalized spacial score (nSPS) is 18.1. The topological polar surface area (TPSA) is 32.3 Å². The summed E-state index contributed by atoms with van der Waals surface area (Å²) in [6, 6.07) is 10.2. The number of nitrogens with zero attached hydrogens (tertiary/aromatic N) is 1. The van der Waals surface area contributed by atoms with Crippen molar-refractivity contribution in [3.05, 3.63) is 42.0 Å².